The van der Waals surface area contributed by atoms with Crippen LogP contribution in [-0.4, -0.2) is 14.2 Å². The minimum absolute atomic E-state index is 0.0661. The number of benzene rings is 1. The van der Waals surface area contributed by atoms with E-state index in [1.807, 2.05) is 20.8 Å². The van der Waals surface area contributed by atoms with Crippen molar-refractivity contribution >= 4 is 33.0 Å². The molecule has 0 aliphatic heterocycles. The second-order valence-electron chi connectivity index (χ2n) is 4.92. The summed E-state index contributed by atoms with van der Waals surface area (Å²) in [6.45, 7) is 5.62. The third-order valence-electron chi connectivity index (χ3n) is 1.82. The summed E-state index contributed by atoms with van der Waals surface area (Å²) in [5.74, 6) is 0.0661. The van der Waals surface area contributed by atoms with E-state index in [4.69, 9.17) is 23.2 Å². The van der Waals surface area contributed by atoms with Crippen molar-refractivity contribution in [3.63, 3.8) is 0 Å². The first kappa shape index (κ1) is 13.8. The largest absolute Gasteiger partial charge is 0.224 e. The number of halogens is 2. The summed E-state index contributed by atoms with van der Waals surface area (Å²) in [6, 6.07) is 4.36. The van der Waals surface area contributed by atoms with E-state index in [-0.39, 0.29) is 16.1 Å². The van der Waals surface area contributed by atoms with Crippen LogP contribution in [0.5, 0.6) is 0 Å². The molecule has 1 rings (SSSR count). The van der Waals surface area contributed by atoms with Crippen molar-refractivity contribution in [3.05, 3.63) is 28.2 Å². The van der Waals surface area contributed by atoms with Crippen LogP contribution in [0.4, 0.5) is 0 Å². The van der Waals surface area contributed by atoms with Crippen LogP contribution in [0.15, 0.2) is 23.1 Å². The van der Waals surface area contributed by atoms with E-state index in [9.17, 15) is 8.42 Å². The van der Waals surface area contributed by atoms with Gasteiger partial charge in [0.1, 0.15) is 0 Å². The minimum Gasteiger partial charge on any atom is -0.224 e. The van der Waals surface area contributed by atoms with Crippen LogP contribution in [0.1, 0.15) is 20.8 Å². The highest BCUT2D eigenvalue weighted by atomic mass is 35.5. The molecule has 0 aliphatic rings. The van der Waals surface area contributed by atoms with Crippen LogP contribution < -0.4 is 0 Å². The standard InChI is InChI=1S/C11H14Cl2O2S/c1-11(2,3)7-16(14,15)10-5-8(12)4-9(13)6-10/h4-6H,7H2,1-3H3. The summed E-state index contributed by atoms with van der Waals surface area (Å²) in [5, 5.41) is 0.667. The zero-order valence-electron chi connectivity index (χ0n) is 9.42. The Morgan fingerprint density at radius 2 is 1.50 bits per heavy atom. The van der Waals surface area contributed by atoms with Crippen molar-refractivity contribution in [1.82, 2.24) is 0 Å². The lowest BCUT2D eigenvalue weighted by atomic mass is 10.0. The Hall–Kier alpha value is -0.250. The van der Waals surface area contributed by atoms with E-state index >= 15 is 0 Å². The second-order valence-corrected chi connectivity index (χ2v) is 7.79. The van der Waals surface area contributed by atoms with Gasteiger partial charge in [-0.2, -0.15) is 0 Å². The molecule has 1 aromatic rings. The van der Waals surface area contributed by atoms with Gasteiger partial charge in [-0.15, -0.1) is 0 Å². The first-order chi connectivity index (χ1) is 7.10. The number of rotatable bonds is 2. The van der Waals surface area contributed by atoms with Gasteiger partial charge < -0.3 is 0 Å². The lowest BCUT2D eigenvalue weighted by Crippen LogP contribution is -2.20. The molecule has 0 saturated carbocycles. The molecule has 0 N–H and O–H groups in total. The average Bonchev–Trinajstić information content (AvgIpc) is 1.96. The molecule has 0 heterocycles. The molecule has 0 spiro atoms. The predicted octanol–water partition coefficient (Wildman–Crippen LogP) is 3.81. The Kier molecular flexibility index (Phi) is 3.93. The molecule has 0 unspecified atom stereocenters. The molecule has 0 bridgehead atoms. The van der Waals surface area contributed by atoms with Crippen LogP contribution >= 0.6 is 23.2 Å². The first-order valence-electron chi connectivity index (χ1n) is 4.79. The molecule has 1 aromatic carbocycles. The number of hydrogen-bond acceptors (Lipinski definition) is 2. The predicted molar refractivity (Wildman–Crippen MR) is 68.0 cm³/mol. The highest BCUT2D eigenvalue weighted by molar-refractivity contribution is 7.91. The maximum Gasteiger partial charge on any atom is 0.178 e. The van der Waals surface area contributed by atoms with Gasteiger partial charge in [0.2, 0.25) is 0 Å². The van der Waals surface area contributed by atoms with Gasteiger partial charge in [-0.3, -0.25) is 0 Å². The third kappa shape index (κ3) is 3.96. The van der Waals surface area contributed by atoms with Gasteiger partial charge >= 0.3 is 0 Å². The summed E-state index contributed by atoms with van der Waals surface area (Å²) in [6.07, 6.45) is 0. The highest BCUT2D eigenvalue weighted by Crippen LogP contribution is 2.26. The van der Waals surface area contributed by atoms with Gasteiger partial charge in [0.25, 0.3) is 0 Å². The lowest BCUT2D eigenvalue weighted by molar-refractivity contribution is 0.462. The van der Waals surface area contributed by atoms with E-state index in [2.05, 4.69) is 0 Å². The Morgan fingerprint density at radius 1 is 1.06 bits per heavy atom. The normalized spacial score (nSPS) is 12.8. The van der Waals surface area contributed by atoms with E-state index in [1.165, 1.54) is 18.2 Å². The molecule has 0 fully saturated rings. The molecule has 0 aromatic heterocycles. The molecule has 16 heavy (non-hydrogen) atoms. The fraction of sp³-hybridized carbons (Fsp3) is 0.455. The van der Waals surface area contributed by atoms with E-state index in [1.54, 1.807) is 0 Å². The third-order valence-corrected chi connectivity index (χ3v) is 4.45. The Morgan fingerprint density at radius 3 is 1.88 bits per heavy atom. The Balaban J connectivity index is 3.18. The molecule has 0 amide bonds. The van der Waals surface area contributed by atoms with Gasteiger partial charge in [0.15, 0.2) is 9.84 Å². The molecule has 5 heteroatoms. The van der Waals surface area contributed by atoms with Crippen LogP contribution in [0.3, 0.4) is 0 Å². The molecule has 0 saturated heterocycles. The van der Waals surface area contributed by atoms with Crippen molar-refractivity contribution in [2.45, 2.75) is 25.7 Å². The fourth-order valence-electron chi connectivity index (χ4n) is 1.36. The van der Waals surface area contributed by atoms with Crippen LogP contribution in [0.25, 0.3) is 0 Å². The first-order valence-corrected chi connectivity index (χ1v) is 7.20. The second kappa shape index (κ2) is 4.55. The van der Waals surface area contributed by atoms with Crippen molar-refractivity contribution in [2.75, 3.05) is 5.75 Å². The average molecular weight is 281 g/mol. The van der Waals surface area contributed by atoms with Crippen LogP contribution in [0.2, 0.25) is 10.0 Å². The van der Waals surface area contributed by atoms with Gasteiger partial charge in [-0.1, -0.05) is 44.0 Å². The number of sulfone groups is 1. The maximum atomic E-state index is 12.0. The smallest absolute Gasteiger partial charge is 0.178 e. The Labute approximate surface area is 106 Å². The SMILES string of the molecule is CC(C)(C)CS(=O)(=O)c1cc(Cl)cc(Cl)c1. The molecule has 90 valence electrons. The summed E-state index contributed by atoms with van der Waals surface area (Å²) in [4.78, 5) is 0.180. The lowest BCUT2D eigenvalue weighted by Gasteiger charge is -2.18. The minimum atomic E-state index is -3.33. The van der Waals surface area contributed by atoms with Crippen LogP contribution in [0, 0.1) is 5.41 Å². The van der Waals surface area contributed by atoms with Crippen LogP contribution in [-0.2, 0) is 9.84 Å². The quantitative estimate of drug-likeness (QED) is 0.826. The van der Waals surface area contributed by atoms with Crippen molar-refractivity contribution in [1.29, 1.82) is 0 Å². The van der Waals surface area contributed by atoms with Crippen molar-refractivity contribution in [2.24, 2.45) is 5.41 Å². The van der Waals surface area contributed by atoms with Gasteiger partial charge in [-0.25, -0.2) is 8.42 Å². The zero-order valence-corrected chi connectivity index (χ0v) is 11.7. The van der Waals surface area contributed by atoms with Crippen molar-refractivity contribution in [3.8, 4) is 0 Å². The molecule has 0 aliphatic carbocycles. The van der Waals surface area contributed by atoms with Gasteiger partial charge in [0.05, 0.1) is 10.6 Å². The summed E-state index contributed by atoms with van der Waals surface area (Å²) < 4.78 is 24.1. The number of hydrogen-bond donors (Lipinski definition) is 0. The maximum absolute atomic E-state index is 12.0. The zero-order chi connectivity index (χ0) is 12.6. The van der Waals surface area contributed by atoms with E-state index in [0.717, 1.165) is 0 Å². The summed E-state index contributed by atoms with van der Waals surface area (Å²) >= 11 is 11.6. The van der Waals surface area contributed by atoms with Gasteiger partial charge in [-0.05, 0) is 23.6 Å². The van der Waals surface area contributed by atoms with E-state index in [0.29, 0.717) is 10.0 Å². The summed E-state index contributed by atoms with van der Waals surface area (Å²) in [5.41, 5.74) is -0.298. The highest BCUT2D eigenvalue weighted by Gasteiger charge is 2.24. The molecule has 0 radical (unpaired) electrons. The topological polar surface area (TPSA) is 34.1 Å². The molecular weight excluding hydrogens is 267 g/mol. The fourth-order valence-corrected chi connectivity index (χ4v) is 3.94. The van der Waals surface area contributed by atoms with Crippen molar-refractivity contribution < 1.29 is 8.42 Å². The monoisotopic (exact) mass is 280 g/mol. The molecule has 0 atom stereocenters. The Bertz CT molecular complexity index is 467. The molecular formula is C11H14Cl2O2S. The van der Waals surface area contributed by atoms with Gasteiger partial charge in [0, 0.05) is 10.0 Å². The van der Waals surface area contributed by atoms with E-state index < -0.39 is 9.84 Å². The summed E-state index contributed by atoms with van der Waals surface area (Å²) in [7, 11) is -3.33. The molecule has 2 nitrogen and oxygen atoms in total.